The first kappa shape index (κ1) is 19.4. The molecule has 30 heavy (non-hydrogen) atoms. The van der Waals surface area contributed by atoms with E-state index in [1.807, 2.05) is 11.0 Å². The Labute approximate surface area is 173 Å². The third-order valence-corrected chi connectivity index (χ3v) is 4.96. The van der Waals surface area contributed by atoms with Gasteiger partial charge in [0.25, 0.3) is 11.6 Å². The number of amides is 1. The van der Waals surface area contributed by atoms with Crippen LogP contribution in [0, 0.1) is 10.1 Å². The van der Waals surface area contributed by atoms with Gasteiger partial charge in [-0.15, -0.1) is 0 Å². The van der Waals surface area contributed by atoms with Crippen molar-refractivity contribution in [3.8, 4) is 11.5 Å². The van der Waals surface area contributed by atoms with Crippen molar-refractivity contribution in [2.24, 2.45) is 0 Å². The normalized spacial score (nSPS) is 13.7. The molecule has 152 valence electrons. The molecule has 1 fully saturated rings. The molecular weight excluding hydrogens is 384 g/mol. The summed E-state index contributed by atoms with van der Waals surface area (Å²) >= 11 is 0. The van der Waals surface area contributed by atoms with Gasteiger partial charge in [-0.1, -0.05) is 0 Å². The number of nitro benzene ring substituents is 1. The van der Waals surface area contributed by atoms with E-state index in [-0.39, 0.29) is 11.6 Å². The number of carbonyl (C=O) groups is 1. The van der Waals surface area contributed by atoms with Crippen LogP contribution in [0.1, 0.15) is 10.4 Å². The lowest BCUT2D eigenvalue weighted by Crippen LogP contribution is -2.48. The van der Waals surface area contributed by atoms with Crippen LogP contribution >= 0.6 is 0 Å². The number of aromatic nitrogens is 1. The number of anilines is 1. The number of benzene rings is 2. The molecule has 0 aliphatic carbocycles. The highest BCUT2D eigenvalue weighted by atomic mass is 16.6. The fraction of sp³-hybridized carbons (Fsp3) is 0.182. The zero-order valence-electron chi connectivity index (χ0n) is 16.2. The Morgan fingerprint density at radius 2 is 1.63 bits per heavy atom. The lowest BCUT2D eigenvalue weighted by atomic mass is 10.1. The highest BCUT2D eigenvalue weighted by molar-refractivity contribution is 5.94. The minimum atomic E-state index is -0.409. The molecular formula is C22H20N4O4. The zero-order valence-corrected chi connectivity index (χ0v) is 16.2. The molecule has 1 aliphatic rings. The van der Waals surface area contributed by atoms with E-state index in [1.54, 1.807) is 54.9 Å². The Morgan fingerprint density at radius 3 is 2.23 bits per heavy atom. The van der Waals surface area contributed by atoms with Gasteiger partial charge in [-0.25, -0.2) is 0 Å². The second kappa shape index (κ2) is 8.60. The molecule has 2 aromatic carbocycles. The second-order valence-corrected chi connectivity index (χ2v) is 6.87. The Hall–Kier alpha value is -3.94. The van der Waals surface area contributed by atoms with Gasteiger partial charge in [0.1, 0.15) is 11.5 Å². The first-order chi connectivity index (χ1) is 14.6. The standard InChI is InChI=1S/C22H20N4O4/c27-22(17-3-9-20(10-4-17)30-21-2-1-11-23-16-21)25-14-12-24(13-15-25)18-5-7-19(8-6-18)26(28)29/h1-11,16H,12-15H2. The summed E-state index contributed by atoms with van der Waals surface area (Å²) < 4.78 is 5.71. The second-order valence-electron chi connectivity index (χ2n) is 6.87. The molecule has 2 heterocycles. The van der Waals surface area contributed by atoms with E-state index in [4.69, 9.17) is 4.74 Å². The van der Waals surface area contributed by atoms with E-state index >= 15 is 0 Å². The third kappa shape index (κ3) is 4.38. The van der Waals surface area contributed by atoms with Crippen molar-refractivity contribution in [2.45, 2.75) is 0 Å². The summed E-state index contributed by atoms with van der Waals surface area (Å²) in [5, 5.41) is 10.8. The highest BCUT2D eigenvalue weighted by Crippen LogP contribution is 2.23. The molecule has 0 unspecified atom stereocenters. The van der Waals surface area contributed by atoms with E-state index in [9.17, 15) is 14.9 Å². The van der Waals surface area contributed by atoms with Gasteiger partial charge in [-0.05, 0) is 48.5 Å². The molecule has 1 amide bonds. The predicted octanol–water partition coefficient (Wildman–Crippen LogP) is 3.74. The molecule has 0 radical (unpaired) electrons. The van der Waals surface area contributed by atoms with Gasteiger partial charge >= 0.3 is 0 Å². The van der Waals surface area contributed by atoms with E-state index in [1.165, 1.54) is 12.1 Å². The fourth-order valence-electron chi connectivity index (χ4n) is 3.34. The minimum absolute atomic E-state index is 0.0220. The van der Waals surface area contributed by atoms with Gasteiger partial charge in [-0.3, -0.25) is 19.9 Å². The van der Waals surface area contributed by atoms with Crippen molar-refractivity contribution in [2.75, 3.05) is 31.1 Å². The van der Waals surface area contributed by atoms with Gasteiger partial charge < -0.3 is 14.5 Å². The molecule has 1 aliphatic heterocycles. The van der Waals surface area contributed by atoms with Crippen molar-refractivity contribution in [3.05, 3.63) is 88.7 Å². The molecule has 0 saturated carbocycles. The molecule has 3 aromatic rings. The van der Waals surface area contributed by atoms with Crippen LogP contribution in [-0.4, -0.2) is 46.9 Å². The molecule has 4 rings (SSSR count). The molecule has 8 nitrogen and oxygen atoms in total. The summed E-state index contributed by atoms with van der Waals surface area (Å²) in [7, 11) is 0. The summed E-state index contributed by atoms with van der Waals surface area (Å²) in [6, 6.07) is 17.2. The number of piperazine rings is 1. The SMILES string of the molecule is O=C(c1ccc(Oc2cccnc2)cc1)N1CCN(c2ccc([N+](=O)[O-])cc2)CC1. The van der Waals surface area contributed by atoms with Crippen LogP contribution in [-0.2, 0) is 0 Å². The third-order valence-electron chi connectivity index (χ3n) is 4.96. The predicted molar refractivity (Wildman–Crippen MR) is 112 cm³/mol. The smallest absolute Gasteiger partial charge is 0.269 e. The molecule has 1 saturated heterocycles. The lowest BCUT2D eigenvalue weighted by Gasteiger charge is -2.36. The Bertz CT molecular complexity index is 1020. The quantitative estimate of drug-likeness (QED) is 0.475. The van der Waals surface area contributed by atoms with Gasteiger partial charge in [0.05, 0.1) is 11.1 Å². The number of nitrogens with zero attached hydrogens (tertiary/aromatic N) is 4. The van der Waals surface area contributed by atoms with Crippen LogP contribution in [0.5, 0.6) is 11.5 Å². The monoisotopic (exact) mass is 404 g/mol. The van der Waals surface area contributed by atoms with Gasteiger partial charge in [0, 0.05) is 55.8 Å². The molecule has 0 atom stereocenters. The largest absolute Gasteiger partial charge is 0.456 e. The fourth-order valence-corrected chi connectivity index (χ4v) is 3.34. The summed E-state index contributed by atoms with van der Waals surface area (Å²) in [5.74, 6) is 1.26. The molecule has 1 aromatic heterocycles. The van der Waals surface area contributed by atoms with Crippen LogP contribution in [0.3, 0.4) is 0 Å². The number of rotatable bonds is 5. The highest BCUT2D eigenvalue weighted by Gasteiger charge is 2.22. The average Bonchev–Trinajstić information content (AvgIpc) is 2.80. The average molecular weight is 404 g/mol. The molecule has 0 bridgehead atoms. The summed E-state index contributed by atoms with van der Waals surface area (Å²) in [4.78, 5) is 31.1. The summed E-state index contributed by atoms with van der Waals surface area (Å²) in [6.07, 6.45) is 3.31. The number of nitro groups is 1. The first-order valence-electron chi connectivity index (χ1n) is 9.57. The van der Waals surface area contributed by atoms with E-state index in [0.29, 0.717) is 43.2 Å². The van der Waals surface area contributed by atoms with Gasteiger partial charge in [0.2, 0.25) is 0 Å². The van der Waals surface area contributed by atoms with Crippen molar-refractivity contribution in [1.82, 2.24) is 9.88 Å². The number of pyridine rings is 1. The van der Waals surface area contributed by atoms with Gasteiger partial charge in [-0.2, -0.15) is 0 Å². The van der Waals surface area contributed by atoms with Crippen molar-refractivity contribution in [3.63, 3.8) is 0 Å². The van der Waals surface area contributed by atoms with Crippen molar-refractivity contribution in [1.29, 1.82) is 0 Å². The van der Waals surface area contributed by atoms with Gasteiger partial charge in [0.15, 0.2) is 0 Å². The Balaban J connectivity index is 1.34. The zero-order chi connectivity index (χ0) is 20.9. The maximum Gasteiger partial charge on any atom is 0.269 e. The van der Waals surface area contributed by atoms with Crippen LogP contribution in [0.4, 0.5) is 11.4 Å². The Morgan fingerprint density at radius 1 is 0.933 bits per heavy atom. The maximum absolute atomic E-state index is 12.8. The summed E-state index contributed by atoms with van der Waals surface area (Å²) in [5.41, 5.74) is 1.60. The Kier molecular flexibility index (Phi) is 5.56. The number of ether oxygens (including phenoxy) is 1. The lowest BCUT2D eigenvalue weighted by molar-refractivity contribution is -0.384. The number of hydrogen-bond acceptors (Lipinski definition) is 6. The van der Waals surface area contributed by atoms with Crippen LogP contribution < -0.4 is 9.64 Å². The van der Waals surface area contributed by atoms with Crippen LogP contribution in [0.2, 0.25) is 0 Å². The molecule has 8 heteroatoms. The van der Waals surface area contributed by atoms with Crippen LogP contribution in [0.15, 0.2) is 73.1 Å². The first-order valence-corrected chi connectivity index (χ1v) is 9.57. The topological polar surface area (TPSA) is 88.8 Å². The molecule has 0 N–H and O–H groups in total. The van der Waals surface area contributed by atoms with E-state index in [0.717, 1.165) is 5.69 Å². The summed E-state index contributed by atoms with van der Waals surface area (Å²) in [6.45, 7) is 2.52. The minimum Gasteiger partial charge on any atom is -0.456 e. The van der Waals surface area contributed by atoms with Crippen molar-refractivity contribution < 1.29 is 14.5 Å². The van der Waals surface area contributed by atoms with E-state index < -0.39 is 4.92 Å². The van der Waals surface area contributed by atoms with E-state index in [2.05, 4.69) is 9.88 Å². The molecule has 0 spiro atoms. The van der Waals surface area contributed by atoms with Crippen LogP contribution in [0.25, 0.3) is 0 Å². The number of non-ortho nitro benzene ring substituents is 1. The number of hydrogen-bond donors (Lipinski definition) is 0. The van der Waals surface area contributed by atoms with Crippen molar-refractivity contribution >= 4 is 17.3 Å². The number of carbonyl (C=O) groups excluding carboxylic acids is 1. The maximum atomic E-state index is 12.8.